The molecule has 1 aliphatic heterocycles. The highest BCUT2D eigenvalue weighted by molar-refractivity contribution is 7.89. The van der Waals surface area contributed by atoms with Gasteiger partial charge in [-0.2, -0.15) is 0 Å². The highest BCUT2D eigenvalue weighted by Gasteiger charge is 2.17. The highest BCUT2D eigenvalue weighted by Crippen LogP contribution is 2.19. The van der Waals surface area contributed by atoms with Gasteiger partial charge in [0.1, 0.15) is 12.4 Å². The number of para-hydroxylation sites is 2. The Balaban J connectivity index is 1.79. The van der Waals surface area contributed by atoms with Crippen LogP contribution in [0.15, 0.2) is 24.3 Å². The molecule has 0 amide bonds. The minimum atomic E-state index is -3.35. The smallest absolute Gasteiger partial charge is 0.227 e. The zero-order valence-electron chi connectivity index (χ0n) is 11.4. The van der Waals surface area contributed by atoms with E-state index in [1.807, 2.05) is 0 Å². The number of piperidine rings is 1. The number of benzene rings is 1. The predicted molar refractivity (Wildman–Crippen MR) is 78.7 cm³/mol. The van der Waals surface area contributed by atoms with Gasteiger partial charge in [-0.05, 0) is 25.0 Å². The lowest BCUT2D eigenvalue weighted by Gasteiger charge is -2.26. The second-order valence-corrected chi connectivity index (χ2v) is 6.66. The van der Waals surface area contributed by atoms with Gasteiger partial charge in [-0.1, -0.05) is 18.6 Å². The Hall–Kier alpha value is -1.31. The Morgan fingerprint density at radius 1 is 1.20 bits per heavy atom. The lowest BCUT2D eigenvalue weighted by atomic mass is 10.2. The second kappa shape index (κ2) is 6.92. The molecule has 2 rings (SSSR count). The van der Waals surface area contributed by atoms with E-state index in [1.54, 1.807) is 29.3 Å². The van der Waals surface area contributed by atoms with Crippen molar-refractivity contribution in [2.75, 3.05) is 31.2 Å². The van der Waals surface area contributed by atoms with E-state index < -0.39 is 10.0 Å². The van der Waals surface area contributed by atoms with Crippen LogP contribution in [0.2, 0.25) is 0 Å². The Bertz CT molecular complexity index is 527. The normalized spacial score (nSPS) is 17.0. The molecular formula is C13H21N3O3S. The number of sulfonamides is 1. The Morgan fingerprint density at radius 2 is 1.90 bits per heavy atom. The number of nitrogens with two attached hydrogens (primary N) is 1. The van der Waals surface area contributed by atoms with Crippen molar-refractivity contribution >= 4 is 15.7 Å². The van der Waals surface area contributed by atoms with Crippen molar-refractivity contribution < 1.29 is 13.2 Å². The van der Waals surface area contributed by atoms with Crippen molar-refractivity contribution in [1.82, 2.24) is 9.84 Å². The Labute approximate surface area is 119 Å². The highest BCUT2D eigenvalue weighted by atomic mass is 32.2. The van der Waals surface area contributed by atoms with Gasteiger partial charge in [0.2, 0.25) is 10.0 Å². The van der Waals surface area contributed by atoms with E-state index in [4.69, 9.17) is 10.5 Å². The summed E-state index contributed by atoms with van der Waals surface area (Å²) in [6.07, 6.45) is 3.22. The van der Waals surface area contributed by atoms with Crippen molar-refractivity contribution in [3.05, 3.63) is 24.3 Å². The Morgan fingerprint density at radius 3 is 2.60 bits per heavy atom. The van der Waals surface area contributed by atoms with Gasteiger partial charge in [0.15, 0.2) is 0 Å². The molecular weight excluding hydrogens is 278 g/mol. The van der Waals surface area contributed by atoms with Gasteiger partial charge < -0.3 is 10.5 Å². The minimum Gasteiger partial charge on any atom is -0.490 e. The maximum absolute atomic E-state index is 11.9. The van der Waals surface area contributed by atoms with Gasteiger partial charge in [-0.3, -0.25) is 0 Å². The number of nitrogens with zero attached hydrogens (tertiary/aromatic N) is 1. The van der Waals surface area contributed by atoms with Gasteiger partial charge in [0.05, 0.1) is 11.4 Å². The van der Waals surface area contributed by atoms with Crippen molar-refractivity contribution in [2.24, 2.45) is 0 Å². The third kappa shape index (κ3) is 4.66. The van der Waals surface area contributed by atoms with Crippen molar-refractivity contribution in [1.29, 1.82) is 0 Å². The molecule has 0 aliphatic carbocycles. The molecule has 112 valence electrons. The van der Waals surface area contributed by atoms with Crippen LogP contribution < -0.4 is 15.3 Å². The number of anilines is 1. The summed E-state index contributed by atoms with van der Waals surface area (Å²) in [6.45, 7) is 1.62. The summed E-state index contributed by atoms with van der Waals surface area (Å²) in [5, 5.41) is 1.76. The molecule has 0 radical (unpaired) electrons. The molecule has 1 fully saturated rings. The van der Waals surface area contributed by atoms with Gasteiger partial charge in [-0.15, -0.1) is 4.83 Å². The first-order valence-electron chi connectivity index (χ1n) is 6.79. The first kappa shape index (κ1) is 15.1. The van der Waals surface area contributed by atoms with E-state index in [1.165, 1.54) is 0 Å². The molecule has 1 heterocycles. The van der Waals surface area contributed by atoms with Crippen LogP contribution >= 0.6 is 0 Å². The molecule has 1 saturated heterocycles. The molecule has 0 spiro atoms. The molecule has 6 nitrogen and oxygen atoms in total. The van der Waals surface area contributed by atoms with Gasteiger partial charge in [0, 0.05) is 13.1 Å². The molecule has 20 heavy (non-hydrogen) atoms. The van der Waals surface area contributed by atoms with Crippen molar-refractivity contribution in [3.63, 3.8) is 0 Å². The molecule has 1 aromatic carbocycles. The molecule has 7 heteroatoms. The van der Waals surface area contributed by atoms with E-state index in [9.17, 15) is 8.42 Å². The number of hydrogen-bond donors (Lipinski definition) is 2. The van der Waals surface area contributed by atoms with Crippen LogP contribution in [-0.4, -0.2) is 38.9 Å². The van der Waals surface area contributed by atoms with Crippen molar-refractivity contribution in [2.45, 2.75) is 19.3 Å². The molecule has 0 aromatic heterocycles. The fourth-order valence-electron chi connectivity index (χ4n) is 2.10. The van der Waals surface area contributed by atoms with E-state index in [0.717, 1.165) is 32.4 Å². The fourth-order valence-corrected chi connectivity index (χ4v) is 3.07. The Kier molecular flexibility index (Phi) is 5.22. The van der Waals surface area contributed by atoms with Gasteiger partial charge in [-0.25, -0.2) is 13.4 Å². The van der Waals surface area contributed by atoms with Crippen LogP contribution in [0.25, 0.3) is 0 Å². The number of hydrazine groups is 1. The molecule has 3 N–H and O–H groups in total. The van der Waals surface area contributed by atoms with Crippen LogP contribution in [0.5, 0.6) is 5.75 Å². The third-order valence-electron chi connectivity index (χ3n) is 3.15. The summed E-state index contributed by atoms with van der Waals surface area (Å²) in [6, 6.07) is 7.04. The predicted octanol–water partition coefficient (Wildman–Crippen LogP) is 0.968. The fraction of sp³-hybridized carbons (Fsp3) is 0.538. The number of nitrogens with one attached hydrogen (secondary N) is 1. The van der Waals surface area contributed by atoms with Crippen LogP contribution in [-0.2, 0) is 10.0 Å². The summed E-state index contributed by atoms with van der Waals surface area (Å²) in [7, 11) is -3.35. The van der Waals surface area contributed by atoms with Gasteiger partial charge >= 0.3 is 0 Å². The standard InChI is InChI=1S/C13H21N3O3S/c14-12-6-2-3-7-13(12)19-10-11-20(17,18)15-16-8-4-1-5-9-16/h2-3,6-7,15H,1,4-5,8-11,14H2. The lowest BCUT2D eigenvalue weighted by molar-refractivity contribution is 0.199. The first-order chi connectivity index (χ1) is 9.57. The zero-order valence-corrected chi connectivity index (χ0v) is 12.2. The number of hydrogen-bond acceptors (Lipinski definition) is 5. The molecule has 0 bridgehead atoms. The minimum absolute atomic E-state index is 0.0807. The van der Waals surface area contributed by atoms with Crippen molar-refractivity contribution in [3.8, 4) is 5.75 Å². The summed E-state index contributed by atoms with van der Waals surface area (Å²) < 4.78 is 29.2. The molecule has 0 unspecified atom stereocenters. The average Bonchev–Trinajstić information content (AvgIpc) is 2.41. The van der Waals surface area contributed by atoms with Crippen LogP contribution in [0, 0.1) is 0 Å². The third-order valence-corrected chi connectivity index (χ3v) is 4.39. The zero-order chi connectivity index (χ0) is 14.4. The van der Waals surface area contributed by atoms with Gasteiger partial charge in [0.25, 0.3) is 0 Å². The molecule has 1 aliphatic rings. The number of ether oxygens (including phenoxy) is 1. The lowest BCUT2D eigenvalue weighted by Crippen LogP contribution is -2.46. The molecule has 0 atom stereocenters. The monoisotopic (exact) mass is 299 g/mol. The summed E-state index contributed by atoms with van der Waals surface area (Å²) >= 11 is 0. The second-order valence-electron chi connectivity index (χ2n) is 4.84. The van der Waals surface area contributed by atoms with Crippen LogP contribution in [0.4, 0.5) is 5.69 Å². The summed E-state index contributed by atoms with van der Waals surface area (Å²) in [5.41, 5.74) is 6.23. The van der Waals surface area contributed by atoms with Crippen LogP contribution in [0.1, 0.15) is 19.3 Å². The number of rotatable bonds is 6. The topological polar surface area (TPSA) is 84.7 Å². The van der Waals surface area contributed by atoms with Crippen LogP contribution in [0.3, 0.4) is 0 Å². The quantitative estimate of drug-likeness (QED) is 0.765. The molecule has 1 aromatic rings. The SMILES string of the molecule is Nc1ccccc1OCCS(=O)(=O)NN1CCCCC1. The van der Waals surface area contributed by atoms with E-state index in [0.29, 0.717) is 11.4 Å². The van der Waals surface area contributed by atoms with E-state index >= 15 is 0 Å². The first-order valence-corrected chi connectivity index (χ1v) is 8.44. The summed E-state index contributed by atoms with van der Waals surface area (Å²) in [4.78, 5) is 2.59. The van der Waals surface area contributed by atoms with E-state index in [-0.39, 0.29) is 12.4 Å². The average molecular weight is 299 g/mol. The summed E-state index contributed by atoms with van der Waals surface area (Å²) in [5.74, 6) is 0.429. The number of nitrogen functional groups attached to an aromatic ring is 1. The maximum Gasteiger partial charge on any atom is 0.227 e. The maximum atomic E-state index is 11.9. The largest absolute Gasteiger partial charge is 0.490 e. The van der Waals surface area contributed by atoms with E-state index in [2.05, 4.69) is 4.83 Å². The molecule has 0 saturated carbocycles.